The van der Waals surface area contributed by atoms with E-state index in [1.54, 1.807) is 24.3 Å². The number of amides is 3. The first-order valence-corrected chi connectivity index (χ1v) is 6.15. The van der Waals surface area contributed by atoms with E-state index in [4.69, 9.17) is 5.73 Å². The summed E-state index contributed by atoms with van der Waals surface area (Å²) < 4.78 is 0. The Bertz CT molecular complexity index is 452. The van der Waals surface area contributed by atoms with Crippen LogP contribution in [0.1, 0.15) is 29.3 Å². The number of primary amides is 1. The molecule has 0 saturated carbocycles. The average molecular weight is 261 g/mol. The Morgan fingerprint density at radius 3 is 2.47 bits per heavy atom. The molecule has 0 spiro atoms. The molecule has 0 radical (unpaired) electrons. The molecule has 0 aliphatic heterocycles. The van der Waals surface area contributed by atoms with Crippen molar-refractivity contribution in [2.24, 2.45) is 5.73 Å². The van der Waals surface area contributed by atoms with Gasteiger partial charge in [0.15, 0.2) is 0 Å². The molecule has 19 heavy (non-hydrogen) atoms. The van der Waals surface area contributed by atoms with Crippen molar-refractivity contribution in [3.8, 4) is 0 Å². The highest BCUT2D eigenvalue weighted by atomic mass is 16.2. The van der Waals surface area contributed by atoms with Crippen LogP contribution >= 0.6 is 0 Å². The van der Waals surface area contributed by atoms with Crippen molar-refractivity contribution >= 4 is 11.9 Å². The molecule has 0 fully saturated rings. The van der Waals surface area contributed by atoms with Crippen molar-refractivity contribution in [2.75, 3.05) is 6.54 Å². The highest BCUT2D eigenvalue weighted by molar-refractivity contribution is 5.94. The number of nitrogens with two attached hydrogens (primary N) is 1. The molecule has 0 unspecified atom stereocenters. The lowest BCUT2D eigenvalue weighted by atomic mass is 10.1. The number of urea groups is 1. The number of hydrogen-bond acceptors (Lipinski definition) is 2. The molecule has 0 aromatic heterocycles. The third-order valence-electron chi connectivity index (χ3n) is 2.52. The molecule has 5 nitrogen and oxygen atoms in total. The Kier molecular flexibility index (Phi) is 6.15. The third kappa shape index (κ3) is 5.72. The van der Waals surface area contributed by atoms with E-state index in [1.807, 2.05) is 19.1 Å². The number of rotatable bonds is 6. The molecule has 0 saturated heterocycles. The molecular weight excluding hydrogens is 242 g/mol. The van der Waals surface area contributed by atoms with Gasteiger partial charge in [0.25, 0.3) is 5.91 Å². The van der Waals surface area contributed by atoms with Crippen LogP contribution < -0.4 is 16.4 Å². The van der Waals surface area contributed by atoms with Crippen LogP contribution in [0.3, 0.4) is 0 Å². The van der Waals surface area contributed by atoms with Crippen molar-refractivity contribution in [1.82, 2.24) is 10.6 Å². The van der Waals surface area contributed by atoms with Gasteiger partial charge in [-0.2, -0.15) is 0 Å². The van der Waals surface area contributed by atoms with Gasteiger partial charge in [0.05, 0.1) is 0 Å². The predicted octanol–water partition coefficient (Wildman–Crippen LogP) is 1.55. The summed E-state index contributed by atoms with van der Waals surface area (Å²) in [5.74, 6) is -0.0982. The van der Waals surface area contributed by atoms with Gasteiger partial charge in [-0.3, -0.25) is 4.79 Å². The first kappa shape index (κ1) is 14.8. The van der Waals surface area contributed by atoms with E-state index in [0.29, 0.717) is 18.7 Å². The SMILES string of the molecule is C/C=C/CCNC(=O)c1ccc(CNC(N)=O)cc1. The zero-order valence-electron chi connectivity index (χ0n) is 11.0. The number of carbonyl (C=O) groups excluding carboxylic acids is 2. The minimum absolute atomic E-state index is 0.0982. The summed E-state index contributed by atoms with van der Waals surface area (Å²) >= 11 is 0. The number of nitrogens with one attached hydrogen (secondary N) is 2. The fourth-order valence-electron chi connectivity index (χ4n) is 1.50. The first-order valence-electron chi connectivity index (χ1n) is 6.15. The van der Waals surface area contributed by atoms with Gasteiger partial charge < -0.3 is 16.4 Å². The van der Waals surface area contributed by atoms with Crippen LogP contribution in [0.2, 0.25) is 0 Å². The molecule has 3 amide bonds. The van der Waals surface area contributed by atoms with Gasteiger partial charge in [0.1, 0.15) is 0 Å². The Hall–Kier alpha value is -2.30. The van der Waals surface area contributed by atoms with E-state index in [1.165, 1.54) is 0 Å². The molecule has 102 valence electrons. The van der Waals surface area contributed by atoms with Gasteiger partial charge in [0, 0.05) is 18.7 Å². The average Bonchev–Trinajstić information content (AvgIpc) is 2.41. The Balaban J connectivity index is 2.46. The summed E-state index contributed by atoms with van der Waals surface area (Å²) in [5, 5.41) is 5.31. The number of hydrogen-bond donors (Lipinski definition) is 3. The van der Waals surface area contributed by atoms with Gasteiger partial charge in [-0.05, 0) is 31.0 Å². The maximum atomic E-state index is 11.8. The molecule has 0 atom stereocenters. The smallest absolute Gasteiger partial charge is 0.312 e. The molecule has 4 N–H and O–H groups in total. The lowest BCUT2D eigenvalue weighted by molar-refractivity contribution is 0.0954. The Morgan fingerprint density at radius 2 is 1.89 bits per heavy atom. The normalized spacial score (nSPS) is 10.4. The number of carbonyl (C=O) groups is 2. The number of allylic oxidation sites excluding steroid dienone is 1. The second-order valence-electron chi connectivity index (χ2n) is 4.03. The maximum absolute atomic E-state index is 11.8. The molecule has 5 heteroatoms. The summed E-state index contributed by atoms with van der Waals surface area (Å²) in [6, 6.07) is 6.46. The Labute approximate surface area is 112 Å². The van der Waals surface area contributed by atoms with Crippen molar-refractivity contribution in [3.63, 3.8) is 0 Å². The summed E-state index contributed by atoms with van der Waals surface area (Å²) in [6.45, 7) is 2.92. The fraction of sp³-hybridized carbons (Fsp3) is 0.286. The zero-order chi connectivity index (χ0) is 14.1. The van der Waals surface area contributed by atoms with Crippen LogP contribution in [0.5, 0.6) is 0 Å². The quantitative estimate of drug-likeness (QED) is 0.536. The van der Waals surface area contributed by atoms with E-state index >= 15 is 0 Å². The largest absolute Gasteiger partial charge is 0.352 e. The maximum Gasteiger partial charge on any atom is 0.312 e. The monoisotopic (exact) mass is 261 g/mol. The lowest BCUT2D eigenvalue weighted by Gasteiger charge is -2.05. The van der Waals surface area contributed by atoms with Crippen LogP contribution in [-0.4, -0.2) is 18.5 Å². The highest BCUT2D eigenvalue weighted by Crippen LogP contribution is 2.04. The van der Waals surface area contributed by atoms with Gasteiger partial charge in [-0.25, -0.2) is 4.79 Å². The molecule has 0 bridgehead atoms. The van der Waals surface area contributed by atoms with E-state index in [-0.39, 0.29) is 5.91 Å². The van der Waals surface area contributed by atoms with Crippen LogP contribution in [0.15, 0.2) is 36.4 Å². The third-order valence-corrected chi connectivity index (χ3v) is 2.52. The molecule has 0 aliphatic rings. The zero-order valence-corrected chi connectivity index (χ0v) is 11.0. The van der Waals surface area contributed by atoms with E-state index in [2.05, 4.69) is 10.6 Å². The highest BCUT2D eigenvalue weighted by Gasteiger charge is 2.04. The fourth-order valence-corrected chi connectivity index (χ4v) is 1.50. The van der Waals surface area contributed by atoms with E-state index in [9.17, 15) is 9.59 Å². The molecular formula is C14H19N3O2. The molecule has 0 aliphatic carbocycles. The summed E-state index contributed by atoms with van der Waals surface area (Å²) in [5.41, 5.74) is 6.47. The summed E-state index contributed by atoms with van der Waals surface area (Å²) in [6.07, 6.45) is 4.77. The van der Waals surface area contributed by atoms with Crippen LogP contribution in [-0.2, 0) is 6.54 Å². The number of benzene rings is 1. The van der Waals surface area contributed by atoms with E-state index < -0.39 is 6.03 Å². The standard InChI is InChI=1S/C14H19N3O2/c1-2-3-4-9-16-13(18)12-7-5-11(6-8-12)10-17-14(15)19/h2-3,5-8H,4,9-10H2,1H3,(H,16,18)(H3,15,17,19)/b3-2+. The van der Waals surface area contributed by atoms with Crippen LogP contribution in [0, 0.1) is 0 Å². The second kappa shape index (κ2) is 7.92. The van der Waals surface area contributed by atoms with Crippen molar-refractivity contribution in [3.05, 3.63) is 47.5 Å². The topological polar surface area (TPSA) is 84.2 Å². The van der Waals surface area contributed by atoms with Crippen LogP contribution in [0.4, 0.5) is 4.79 Å². The van der Waals surface area contributed by atoms with Crippen molar-refractivity contribution in [2.45, 2.75) is 19.9 Å². The predicted molar refractivity (Wildman–Crippen MR) is 74.6 cm³/mol. The molecule has 0 heterocycles. The molecule has 1 aromatic rings. The van der Waals surface area contributed by atoms with Crippen LogP contribution in [0.25, 0.3) is 0 Å². The van der Waals surface area contributed by atoms with Crippen molar-refractivity contribution < 1.29 is 9.59 Å². The first-order chi connectivity index (χ1) is 9.13. The van der Waals surface area contributed by atoms with Gasteiger partial charge in [-0.15, -0.1) is 0 Å². The van der Waals surface area contributed by atoms with Gasteiger partial charge >= 0.3 is 6.03 Å². The van der Waals surface area contributed by atoms with E-state index in [0.717, 1.165) is 12.0 Å². The Morgan fingerprint density at radius 1 is 1.21 bits per heavy atom. The van der Waals surface area contributed by atoms with Gasteiger partial charge in [0.2, 0.25) is 0 Å². The van der Waals surface area contributed by atoms with Crippen molar-refractivity contribution in [1.29, 1.82) is 0 Å². The molecule has 1 aromatic carbocycles. The minimum atomic E-state index is -0.564. The second-order valence-corrected chi connectivity index (χ2v) is 4.03. The van der Waals surface area contributed by atoms with Gasteiger partial charge in [-0.1, -0.05) is 24.3 Å². The summed E-state index contributed by atoms with van der Waals surface area (Å²) in [4.78, 5) is 22.3. The summed E-state index contributed by atoms with van der Waals surface area (Å²) in [7, 11) is 0. The lowest BCUT2D eigenvalue weighted by Crippen LogP contribution is -2.28. The minimum Gasteiger partial charge on any atom is -0.352 e. The molecule has 1 rings (SSSR count).